The average Bonchev–Trinajstić information content (AvgIpc) is 2.56. The summed E-state index contributed by atoms with van der Waals surface area (Å²) in [4.78, 5) is 0.343. The van der Waals surface area contributed by atoms with Crippen LogP contribution in [-0.2, 0) is 16.3 Å². The highest BCUT2D eigenvalue weighted by Gasteiger charge is 2.29. The lowest BCUT2D eigenvalue weighted by Crippen LogP contribution is -2.26. The van der Waals surface area contributed by atoms with Gasteiger partial charge in [0.2, 0.25) is 5.52 Å². The molecule has 0 aliphatic carbocycles. The van der Waals surface area contributed by atoms with Crippen LogP contribution in [0.5, 0.6) is 0 Å². The number of hydrogen-bond acceptors (Lipinski definition) is 3. The number of fused-ring (bicyclic) bond motifs is 3. The quantitative estimate of drug-likeness (QED) is 0.535. The molecule has 90 valence electrons. The number of sulfone groups is 1. The lowest BCUT2D eigenvalue weighted by atomic mass is 10.1. The van der Waals surface area contributed by atoms with Crippen LogP contribution in [0.1, 0.15) is 5.56 Å². The number of rotatable bonds is 0. The molecule has 0 unspecified atom stereocenters. The Balaban J connectivity index is 0.00000108. The lowest BCUT2D eigenvalue weighted by Gasteiger charge is -2.04. The Bertz CT molecular complexity index is 697. The highest BCUT2D eigenvalue weighted by atomic mass is 35.5. The van der Waals surface area contributed by atoms with Gasteiger partial charge in [-0.3, -0.25) is 0 Å². The normalized spacial score (nSPS) is 16.5. The van der Waals surface area contributed by atoms with Crippen molar-refractivity contribution in [2.75, 3.05) is 5.75 Å². The first-order valence-electron chi connectivity index (χ1n) is 4.96. The van der Waals surface area contributed by atoms with Gasteiger partial charge in [-0.2, -0.15) is 4.73 Å². The number of pyridine rings is 1. The summed E-state index contributed by atoms with van der Waals surface area (Å²) in [5.74, 6) is 0.148. The molecule has 3 rings (SSSR count). The zero-order chi connectivity index (χ0) is 11.3. The van der Waals surface area contributed by atoms with Gasteiger partial charge in [0.25, 0.3) is 0 Å². The lowest BCUT2D eigenvalue weighted by molar-refractivity contribution is -0.577. The number of benzene rings is 1. The minimum atomic E-state index is -3.20. The van der Waals surface area contributed by atoms with Gasteiger partial charge in [-0.15, -0.1) is 12.4 Å². The molecule has 0 saturated carbocycles. The number of nitrogens with zero attached hydrogens (tertiary/aromatic N) is 1. The van der Waals surface area contributed by atoms with Crippen molar-refractivity contribution in [1.29, 1.82) is 0 Å². The van der Waals surface area contributed by atoms with Crippen LogP contribution in [0.2, 0.25) is 0 Å². The van der Waals surface area contributed by atoms with Crippen LogP contribution in [0.25, 0.3) is 10.9 Å². The zero-order valence-corrected chi connectivity index (χ0v) is 10.4. The summed E-state index contributed by atoms with van der Waals surface area (Å²) in [6.45, 7) is 0. The Morgan fingerprint density at radius 3 is 2.76 bits per heavy atom. The topological polar surface area (TPSA) is 61.1 Å². The predicted molar refractivity (Wildman–Crippen MR) is 65.9 cm³/mol. The summed E-state index contributed by atoms with van der Waals surface area (Å²) in [5.41, 5.74) is 1.23. The Kier molecular flexibility index (Phi) is 2.75. The molecule has 2 heterocycles. The Labute approximate surface area is 105 Å². The van der Waals surface area contributed by atoms with Gasteiger partial charge in [-0.1, -0.05) is 6.07 Å². The maximum absolute atomic E-state index is 11.9. The Morgan fingerprint density at radius 1 is 1.24 bits per heavy atom. The van der Waals surface area contributed by atoms with E-state index >= 15 is 0 Å². The van der Waals surface area contributed by atoms with Gasteiger partial charge in [0.15, 0.2) is 16.0 Å². The largest absolute Gasteiger partial charge is 0.618 e. The molecule has 0 N–H and O–H groups in total. The van der Waals surface area contributed by atoms with Gasteiger partial charge in [0.05, 0.1) is 16.0 Å². The van der Waals surface area contributed by atoms with Crippen LogP contribution in [0.3, 0.4) is 0 Å². The molecule has 0 atom stereocenters. The first-order chi connectivity index (χ1) is 7.59. The van der Waals surface area contributed by atoms with Gasteiger partial charge in [0, 0.05) is 12.1 Å². The molecule has 0 amide bonds. The number of aromatic nitrogens is 1. The van der Waals surface area contributed by atoms with E-state index in [-0.39, 0.29) is 18.2 Å². The maximum Gasteiger partial charge on any atom is 0.225 e. The monoisotopic (exact) mass is 271 g/mol. The molecule has 0 radical (unpaired) electrons. The van der Waals surface area contributed by atoms with Crippen molar-refractivity contribution in [3.8, 4) is 0 Å². The zero-order valence-electron chi connectivity index (χ0n) is 8.79. The smallest absolute Gasteiger partial charge is 0.225 e. The third kappa shape index (κ3) is 1.66. The molecular formula is C11H10ClNO3S. The summed E-state index contributed by atoms with van der Waals surface area (Å²) in [6, 6.07) is 6.67. The van der Waals surface area contributed by atoms with E-state index in [0.717, 1.165) is 5.56 Å². The van der Waals surface area contributed by atoms with Crippen LogP contribution in [0, 0.1) is 5.21 Å². The third-order valence-corrected chi connectivity index (χ3v) is 4.77. The van der Waals surface area contributed by atoms with Crippen molar-refractivity contribution in [2.24, 2.45) is 0 Å². The third-order valence-electron chi connectivity index (χ3n) is 2.93. The van der Waals surface area contributed by atoms with Gasteiger partial charge in [0.1, 0.15) is 0 Å². The molecular weight excluding hydrogens is 262 g/mol. The van der Waals surface area contributed by atoms with E-state index in [1.165, 1.54) is 6.20 Å². The molecule has 17 heavy (non-hydrogen) atoms. The molecule has 1 aromatic carbocycles. The minimum Gasteiger partial charge on any atom is -0.618 e. The fraction of sp³-hybridized carbons (Fsp3) is 0.182. The van der Waals surface area contributed by atoms with Gasteiger partial charge < -0.3 is 5.21 Å². The van der Waals surface area contributed by atoms with Crippen molar-refractivity contribution in [3.05, 3.63) is 41.2 Å². The summed E-state index contributed by atoms with van der Waals surface area (Å²) in [5, 5.41) is 12.0. The highest BCUT2D eigenvalue weighted by Crippen LogP contribution is 2.31. The second-order valence-corrected chi connectivity index (χ2v) is 5.94. The van der Waals surface area contributed by atoms with Crippen LogP contribution in [0.4, 0.5) is 0 Å². The van der Waals surface area contributed by atoms with Crippen molar-refractivity contribution in [3.63, 3.8) is 0 Å². The van der Waals surface area contributed by atoms with Crippen molar-refractivity contribution < 1.29 is 13.1 Å². The molecule has 0 fully saturated rings. The molecule has 1 aliphatic rings. The van der Waals surface area contributed by atoms with Crippen LogP contribution < -0.4 is 4.73 Å². The first kappa shape index (κ1) is 12.1. The van der Waals surface area contributed by atoms with E-state index in [4.69, 9.17) is 0 Å². The molecule has 0 bridgehead atoms. The Hall–Kier alpha value is -1.33. The summed E-state index contributed by atoms with van der Waals surface area (Å²) in [7, 11) is -3.20. The van der Waals surface area contributed by atoms with Crippen molar-refractivity contribution >= 4 is 33.1 Å². The van der Waals surface area contributed by atoms with Crippen molar-refractivity contribution in [1.82, 2.24) is 0 Å². The molecule has 2 aromatic rings. The van der Waals surface area contributed by atoms with Gasteiger partial charge >= 0.3 is 0 Å². The highest BCUT2D eigenvalue weighted by molar-refractivity contribution is 7.92. The van der Waals surface area contributed by atoms with Gasteiger partial charge in [-0.05, 0) is 18.1 Å². The van der Waals surface area contributed by atoms with E-state index in [0.29, 0.717) is 26.9 Å². The van der Waals surface area contributed by atoms with E-state index in [1.807, 2.05) is 0 Å². The average molecular weight is 272 g/mol. The summed E-state index contributed by atoms with van der Waals surface area (Å²) < 4.78 is 24.4. The summed E-state index contributed by atoms with van der Waals surface area (Å²) in [6.07, 6.45) is 1.91. The van der Waals surface area contributed by atoms with E-state index in [9.17, 15) is 13.6 Å². The molecule has 1 aliphatic heterocycles. The minimum absolute atomic E-state index is 0. The molecule has 6 heteroatoms. The molecule has 4 nitrogen and oxygen atoms in total. The van der Waals surface area contributed by atoms with E-state index < -0.39 is 9.84 Å². The van der Waals surface area contributed by atoms with Crippen LogP contribution in [0.15, 0.2) is 35.4 Å². The number of halogens is 1. The van der Waals surface area contributed by atoms with E-state index in [1.54, 1.807) is 24.3 Å². The predicted octanol–water partition coefficient (Wildman–Crippen LogP) is 1.22. The summed E-state index contributed by atoms with van der Waals surface area (Å²) >= 11 is 0. The molecule has 0 saturated heterocycles. The van der Waals surface area contributed by atoms with Gasteiger partial charge in [-0.25, -0.2) is 8.42 Å². The number of hydrogen-bond donors (Lipinski definition) is 0. The second kappa shape index (κ2) is 3.85. The van der Waals surface area contributed by atoms with Crippen molar-refractivity contribution in [2.45, 2.75) is 11.3 Å². The number of aryl methyl sites for hydroxylation is 1. The maximum atomic E-state index is 11.9. The fourth-order valence-corrected chi connectivity index (χ4v) is 3.97. The second-order valence-electron chi connectivity index (χ2n) is 3.89. The standard InChI is InChI=1S/C11H9NO3S.ClH/c13-12-6-1-2-9-10(12)4-3-8-5-7-16(14,15)11(8)9;/h1-4,6H,5,7H2;1H. The first-order valence-corrected chi connectivity index (χ1v) is 6.61. The fourth-order valence-electron chi connectivity index (χ4n) is 2.20. The van der Waals surface area contributed by atoms with Crippen LogP contribution in [-0.4, -0.2) is 14.2 Å². The molecule has 1 aromatic heterocycles. The Morgan fingerprint density at radius 2 is 2.00 bits per heavy atom. The molecule has 0 spiro atoms. The van der Waals surface area contributed by atoms with Crippen LogP contribution >= 0.6 is 12.4 Å². The SMILES string of the molecule is Cl.O=S1(=O)CCc2ccc3c(ccc[n+]3[O-])c21. The van der Waals surface area contributed by atoms with E-state index in [2.05, 4.69) is 0 Å².